The van der Waals surface area contributed by atoms with Gasteiger partial charge in [0.1, 0.15) is 0 Å². The Labute approximate surface area is 129 Å². The lowest BCUT2D eigenvalue weighted by Gasteiger charge is -2.21. The Hall–Kier alpha value is -2.88. The molecule has 0 fully saturated rings. The number of rotatable bonds is 5. The first-order valence-corrected chi connectivity index (χ1v) is 6.90. The average molecular weight is 295 g/mol. The van der Waals surface area contributed by atoms with Crippen molar-refractivity contribution < 1.29 is 14.7 Å². The van der Waals surface area contributed by atoms with Gasteiger partial charge in [0.05, 0.1) is 6.54 Å². The predicted octanol–water partition coefficient (Wildman–Crippen LogP) is 3.25. The zero-order valence-electron chi connectivity index (χ0n) is 12.3. The van der Waals surface area contributed by atoms with Gasteiger partial charge in [-0.3, -0.25) is 4.79 Å². The van der Waals surface area contributed by atoms with Crippen molar-refractivity contribution in [3.8, 4) is 0 Å². The van der Waals surface area contributed by atoms with Crippen molar-refractivity contribution in [3.05, 3.63) is 77.9 Å². The van der Waals surface area contributed by atoms with E-state index in [4.69, 9.17) is 5.11 Å². The van der Waals surface area contributed by atoms with Crippen molar-refractivity contribution in [2.75, 3.05) is 4.90 Å². The molecule has 0 aliphatic rings. The number of hydrogen-bond donors (Lipinski definition) is 1. The summed E-state index contributed by atoms with van der Waals surface area (Å²) in [5.74, 6) is -1.45. The molecular formula is C18H17NO3. The first-order chi connectivity index (χ1) is 10.6. The summed E-state index contributed by atoms with van der Waals surface area (Å²) < 4.78 is 0. The smallest absolute Gasteiger partial charge is 0.331 e. The number of carbonyl (C=O) groups excluding carboxylic acids is 1. The van der Waals surface area contributed by atoms with E-state index in [1.807, 2.05) is 60.7 Å². The number of aliphatic carboxylic acids is 1. The van der Waals surface area contributed by atoms with Gasteiger partial charge in [0.25, 0.3) is 5.91 Å². The molecule has 1 amide bonds. The largest absolute Gasteiger partial charge is 0.478 e. The Morgan fingerprint density at radius 3 is 2.09 bits per heavy atom. The first-order valence-electron chi connectivity index (χ1n) is 6.90. The highest BCUT2D eigenvalue weighted by atomic mass is 16.4. The number of carbonyl (C=O) groups is 2. The molecule has 4 nitrogen and oxygen atoms in total. The van der Waals surface area contributed by atoms with Crippen LogP contribution in [0.4, 0.5) is 5.69 Å². The fourth-order valence-corrected chi connectivity index (χ4v) is 2.00. The molecule has 0 aromatic heterocycles. The van der Waals surface area contributed by atoms with Crippen LogP contribution in [0.3, 0.4) is 0 Å². The van der Waals surface area contributed by atoms with Gasteiger partial charge in [-0.15, -0.1) is 0 Å². The Balaban J connectivity index is 2.32. The summed E-state index contributed by atoms with van der Waals surface area (Å²) in [5, 5.41) is 8.93. The molecule has 4 heteroatoms. The van der Waals surface area contributed by atoms with Crippen molar-refractivity contribution >= 4 is 17.6 Å². The lowest BCUT2D eigenvalue weighted by atomic mass is 10.1. The van der Waals surface area contributed by atoms with Gasteiger partial charge < -0.3 is 10.0 Å². The molecule has 2 aromatic carbocycles. The second-order valence-electron chi connectivity index (χ2n) is 4.88. The van der Waals surface area contributed by atoms with Crippen LogP contribution in [0.1, 0.15) is 12.5 Å². The molecule has 0 aliphatic heterocycles. The Kier molecular flexibility index (Phi) is 5.09. The minimum absolute atomic E-state index is 0.0130. The van der Waals surface area contributed by atoms with Crippen LogP contribution in [0, 0.1) is 0 Å². The molecule has 22 heavy (non-hydrogen) atoms. The molecule has 2 aromatic rings. The van der Waals surface area contributed by atoms with E-state index in [1.165, 1.54) is 6.92 Å². The third-order valence-corrected chi connectivity index (χ3v) is 3.19. The van der Waals surface area contributed by atoms with Crippen molar-refractivity contribution in [2.24, 2.45) is 0 Å². The zero-order chi connectivity index (χ0) is 15.9. The number of carboxylic acids is 1. The van der Waals surface area contributed by atoms with Gasteiger partial charge in [0.2, 0.25) is 0 Å². The van der Waals surface area contributed by atoms with Gasteiger partial charge in [0, 0.05) is 17.3 Å². The van der Waals surface area contributed by atoms with Gasteiger partial charge in [-0.05, 0) is 24.6 Å². The number of amides is 1. The average Bonchev–Trinajstić information content (AvgIpc) is 2.54. The number of benzene rings is 2. The molecule has 2 rings (SSSR count). The van der Waals surface area contributed by atoms with Crippen LogP contribution in [0.5, 0.6) is 0 Å². The maximum absolute atomic E-state index is 12.4. The van der Waals surface area contributed by atoms with Crippen LogP contribution in [0.15, 0.2) is 72.3 Å². The highest BCUT2D eigenvalue weighted by molar-refractivity contribution is 6.05. The van der Waals surface area contributed by atoms with Crippen LogP contribution < -0.4 is 4.90 Å². The summed E-state index contributed by atoms with van der Waals surface area (Å²) in [6.45, 7) is 1.79. The number of nitrogens with zero attached hydrogens (tertiary/aromatic N) is 1. The quantitative estimate of drug-likeness (QED) is 0.861. The maximum Gasteiger partial charge on any atom is 0.331 e. The van der Waals surface area contributed by atoms with Gasteiger partial charge in [-0.1, -0.05) is 48.5 Å². The van der Waals surface area contributed by atoms with E-state index in [0.29, 0.717) is 6.54 Å². The molecule has 0 saturated heterocycles. The molecule has 0 heterocycles. The van der Waals surface area contributed by atoms with Gasteiger partial charge >= 0.3 is 5.97 Å². The second-order valence-corrected chi connectivity index (χ2v) is 4.88. The van der Waals surface area contributed by atoms with Crippen LogP contribution in [0.25, 0.3) is 0 Å². The summed E-state index contributed by atoms with van der Waals surface area (Å²) in [6, 6.07) is 18.8. The molecule has 1 N–H and O–H groups in total. The van der Waals surface area contributed by atoms with Gasteiger partial charge in [0.15, 0.2) is 0 Å². The summed E-state index contributed by atoms with van der Waals surface area (Å²) in [4.78, 5) is 24.9. The van der Waals surface area contributed by atoms with E-state index in [9.17, 15) is 9.59 Å². The van der Waals surface area contributed by atoms with E-state index in [1.54, 1.807) is 4.90 Å². The lowest BCUT2D eigenvalue weighted by Crippen LogP contribution is -2.29. The topological polar surface area (TPSA) is 57.6 Å². The van der Waals surface area contributed by atoms with Crippen molar-refractivity contribution in [3.63, 3.8) is 0 Å². The van der Waals surface area contributed by atoms with Gasteiger partial charge in [-0.2, -0.15) is 0 Å². The highest BCUT2D eigenvalue weighted by Crippen LogP contribution is 2.18. The van der Waals surface area contributed by atoms with E-state index in [0.717, 1.165) is 17.3 Å². The number of carboxylic acid groups (broad SMARTS) is 1. The van der Waals surface area contributed by atoms with E-state index in [-0.39, 0.29) is 11.5 Å². The van der Waals surface area contributed by atoms with E-state index in [2.05, 4.69) is 0 Å². The Bertz CT molecular complexity index is 678. The SMILES string of the molecule is C/C(=C\C(=O)N(Cc1ccccc1)c1ccccc1)C(=O)O. The van der Waals surface area contributed by atoms with Gasteiger partial charge in [-0.25, -0.2) is 4.79 Å². The van der Waals surface area contributed by atoms with E-state index >= 15 is 0 Å². The lowest BCUT2D eigenvalue weighted by molar-refractivity contribution is -0.132. The second kappa shape index (κ2) is 7.22. The summed E-state index contributed by atoms with van der Waals surface area (Å²) in [6.07, 6.45) is 1.15. The number of para-hydroxylation sites is 1. The number of anilines is 1. The summed E-state index contributed by atoms with van der Waals surface area (Å²) in [7, 11) is 0. The van der Waals surface area contributed by atoms with Crippen molar-refractivity contribution in [1.29, 1.82) is 0 Å². The summed E-state index contributed by atoms with van der Waals surface area (Å²) >= 11 is 0. The van der Waals surface area contributed by atoms with Crippen LogP contribution in [-0.2, 0) is 16.1 Å². The fourth-order valence-electron chi connectivity index (χ4n) is 2.00. The predicted molar refractivity (Wildman–Crippen MR) is 85.5 cm³/mol. The molecule has 0 aliphatic carbocycles. The van der Waals surface area contributed by atoms with E-state index < -0.39 is 5.97 Å². The Morgan fingerprint density at radius 1 is 1.00 bits per heavy atom. The molecule has 0 radical (unpaired) electrons. The Morgan fingerprint density at radius 2 is 1.55 bits per heavy atom. The fraction of sp³-hybridized carbons (Fsp3) is 0.111. The third kappa shape index (κ3) is 4.06. The molecule has 112 valence electrons. The molecule has 0 unspecified atom stereocenters. The maximum atomic E-state index is 12.4. The molecule has 0 spiro atoms. The van der Waals surface area contributed by atoms with Crippen molar-refractivity contribution in [2.45, 2.75) is 13.5 Å². The van der Waals surface area contributed by atoms with Crippen LogP contribution >= 0.6 is 0 Å². The molecule has 0 saturated carbocycles. The minimum atomic E-state index is -1.10. The van der Waals surface area contributed by atoms with Crippen LogP contribution in [-0.4, -0.2) is 17.0 Å². The standard InChI is InChI=1S/C18H17NO3/c1-14(18(21)22)12-17(20)19(16-10-6-3-7-11-16)13-15-8-4-2-5-9-15/h2-12H,13H2,1H3,(H,21,22)/b14-12+. The normalized spacial score (nSPS) is 11.0. The van der Waals surface area contributed by atoms with Crippen LogP contribution in [0.2, 0.25) is 0 Å². The zero-order valence-corrected chi connectivity index (χ0v) is 12.3. The molecular weight excluding hydrogens is 278 g/mol. The highest BCUT2D eigenvalue weighted by Gasteiger charge is 2.15. The third-order valence-electron chi connectivity index (χ3n) is 3.19. The number of hydrogen-bond acceptors (Lipinski definition) is 2. The summed E-state index contributed by atoms with van der Waals surface area (Å²) in [5.41, 5.74) is 1.71. The molecule has 0 bridgehead atoms. The monoisotopic (exact) mass is 295 g/mol. The minimum Gasteiger partial charge on any atom is -0.478 e. The first kappa shape index (κ1) is 15.5. The molecule has 0 atom stereocenters. The van der Waals surface area contributed by atoms with Crippen molar-refractivity contribution in [1.82, 2.24) is 0 Å².